The average Bonchev–Trinajstić information content (AvgIpc) is 2.33. The number of aldehydes is 1. The summed E-state index contributed by atoms with van der Waals surface area (Å²) in [6, 6.07) is 1.42. The topological polar surface area (TPSA) is 55.8 Å². The Kier molecular flexibility index (Phi) is 3.23. The Hall–Kier alpha value is -0.970. The number of ether oxygens (including phenoxy) is 2. The summed E-state index contributed by atoms with van der Waals surface area (Å²) >= 11 is 11.8. The van der Waals surface area contributed by atoms with Gasteiger partial charge in [-0.15, -0.1) is 0 Å². The highest BCUT2D eigenvalue weighted by Crippen LogP contribution is 2.44. The standard InChI is InChI=1S/C10H8Cl2O4/c11-7-1-5(2-13)9-10(8(7)12)16-6(3-14)4-15-9/h1-2,6,14H,3-4H2. The van der Waals surface area contributed by atoms with E-state index in [-0.39, 0.29) is 40.3 Å². The van der Waals surface area contributed by atoms with Crippen LogP contribution >= 0.6 is 23.2 Å². The molecule has 16 heavy (non-hydrogen) atoms. The van der Waals surface area contributed by atoms with E-state index >= 15 is 0 Å². The molecule has 1 aliphatic rings. The van der Waals surface area contributed by atoms with Crippen molar-refractivity contribution in [2.24, 2.45) is 0 Å². The van der Waals surface area contributed by atoms with Gasteiger partial charge in [0.2, 0.25) is 0 Å². The van der Waals surface area contributed by atoms with Gasteiger partial charge in [0.15, 0.2) is 23.9 Å². The summed E-state index contributed by atoms with van der Waals surface area (Å²) in [6.07, 6.45) is 0.118. The Morgan fingerprint density at radius 3 is 2.88 bits per heavy atom. The van der Waals surface area contributed by atoms with Gasteiger partial charge in [-0.2, -0.15) is 0 Å². The van der Waals surface area contributed by atoms with E-state index in [1.54, 1.807) is 0 Å². The molecule has 1 unspecified atom stereocenters. The fourth-order valence-electron chi connectivity index (χ4n) is 1.41. The van der Waals surface area contributed by atoms with Crippen molar-refractivity contribution in [3.8, 4) is 11.5 Å². The molecule has 0 aliphatic carbocycles. The van der Waals surface area contributed by atoms with Crippen LogP contribution in [0.1, 0.15) is 10.4 Å². The van der Waals surface area contributed by atoms with Gasteiger partial charge < -0.3 is 14.6 Å². The molecule has 86 valence electrons. The monoisotopic (exact) mass is 262 g/mol. The van der Waals surface area contributed by atoms with Gasteiger partial charge in [0, 0.05) is 0 Å². The van der Waals surface area contributed by atoms with Crippen molar-refractivity contribution in [3.05, 3.63) is 21.7 Å². The van der Waals surface area contributed by atoms with Gasteiger partial charge in [-0.25, -0.2) is 0 Å². The predicted octanol–water partition coefficient (Wildman–Crippen LogP) is 1.94. The van der Waals surface area contributed by atoms with Gasteiger partial charge in [-0.05, 0) is 6.07 Å². The predicted molar refractivity (Wildman–Crippen MR) is 58.8 cm³/mol. The van der Waals surface area contributed by atoms with Crippen LogP contribution in [0.15, 0.2) is 6.07 Å². The maximum atomic E-state index is 10.8. The summed E-state index contributed by atoms with van der Waals surface area (Å²) in [7, 11) is 0. The Balaban J connectivity index is 2.52. The molecular formula is C10H8Cl2O4. The lowest BCUT2D eigenvalue weighted by atomic mass is 10.2. The summed E-state index contributed by atoms with van der Waals surface area (Å²) in [5.74, 6) is 0.482. The van der Waals surface area contributed by atoms with Gasteiger partial charge in [-0.1, -0.05) is 23.2 Å². The molecule has 0 saturated heterocycles. The van der Waals surface area contributed by atoms with E-state index in [1.807, 2.05) is 0 Å². The smallest absolute Gasteiger partial charge is 0.182 e. The zero-order chi connectivity index (χ0) is 11.7. The molecule has 0 saturated carbocycles. The van der Waals surface area contributed by atoms with Gasteiger partial charge in [0.1, 0.15) is 11.6 Å². The fraction of sp³-hybridized carbons (Fsp3) is 0.300. The number of benzene rings is 1. The molecule has 1 heterocycles. The molecule has 1 aromatic rings. The van der Waals surface area contributed by atoms with Crippen LogP contribution in [-0.4, -0.2) is 30.7 Å². The minimum absolute atomic E-state index is 0.169. The van der Waals surface area contributed by atoms with Gasteiger partial charge in [-0.3, -0.25) is 4.79 Å². The van der Waals surface area contributed by atoms with Crippen molar-refractivity contribution in [1.82, 2.24) is 0 Å². The Labute approximate surface area is 102 Å². The van der Waals surface area contributed by atoms with Crippen molar-refractivity contribution in [2.75, 3.05) is 13.2 Å². The molecule has 2 rings (SSSR count). The Morgan fingerprint density at radius 2 is 2.25 bits per heavy atom. The summed E-state index contributed by atoms with van der Waals surface area (Å²) < 4.78 is 10.7. The number of rotatable bonds is 2. The van der Waals surface area contributed by atoms with Crippen LogP contribution in [0.5, 0.6) is 11.5 Å². The normalized spacial score (nSPS) is 18.3. The summed E-state index contributed by atoms with van der Waals surface area (Å²) in [6.45, 7) is -0.0268. The average molecular weight is 263 g/mol. The quantitative estimate of drug-likeness (QED) is 0.828. The highest BCUT2D eigenvalue weighted by molar-refractivity contribution is 6.43. The van der Waals surface area contributed by atoms with Crippen molar-refractivity contribution in [2.45, 2.75) is 6.10 Å². The highest BCUT2D eigenvalue weighted by atomic mass is 35.5. The molecule has 4 nitrogen and oxygen atoms in total. The van der Waals surface area contributed by atoms with Crippen LogP contribution in [0.4, 0.5) is 0 Å². The maximum Gasteiger partial charge on any atom is 0.182 e. The zero-order valence-electron chi connectivity index (χ0n) is 8.07. The number of aliphatic hydroxyl groups excluding tert-OH is 1. The molecule has 0 spiro atoms. The number of halogens is 2. The first kappa shape index (κ1) is 11.5. The second kappa shape index (κ2) is 4.49. The number of aliphatic hydroxyl groups is 1. The molecule has 1 aliphatic heterocycles. The molecule has 0 fully saturated rings. The summed E-state index contributed by atoms with van der Waals surface area (Å²) in [5.41, 5.74) is 0.279. The van der Waals surface area contributed by atoms with E-state index in [2.05, 4.69) is 0 Å². The van der Waals surface area contributed by atoms with Crippen LogP contribution in [0.25, 0.3) is 0 Å². The van der Waals surface area contributed by atoms with Gasteiger partial charge >= 0.3 is 0 Å². The third-order valence-corrected chi connectivity index (χ3v) is 2.96. The van der Waals surface area contributed by atoms with E-state index in [0.29, 0.717) is 6.29 Å². The van der Waals surface area contributed by atoms with Crippen molar-refractivity contribution < 1.29 is 19.4 Å². The zero-order valence-corrected chi connectivity index (χ0v) is 9.59. The number of fused-ring (bicyclic) bond motifs is 1. The lowest BCUT2D eigenvalue weighted by Gasteiger charge is -2.27. The third kappa shape index (κ3) is 1.84. The fourth-order valence-corrected chi connectivity index (χ4v) is 1.80. The number of carbonyl (C=O) groups excluding carboxylic acids is 1. The first-order valence-electron chi connectivity index (χ1n) is 4.55. The van der Waals surface area contributed by atoms with Crippen LogP contribution in [0, 0.1) is 0 Å². The lowest BCUT2D eigenvalue weighted by molar-refractivity contribution is 0.0452. The van der Waals surface area contributed by atoms with E-state index < -0.39 is 6.10 Å². The van der Waals surface area contributed by atoms with Crippen molar-refractivity contribution in [1.29, 1.82) is 0 Å². The van der Waals surface area contributed by atoms with E-state index in [0.717, 1.165) is 0 Å². The van der Waals surface area contributed by atoms with Crippen LogP contribution < -0.4 is 9.47 Å². The van der Waals surface area contributed by atoms with Crippen LogP contribution in [0.3, 0.4) is 0 Å². The molecule has 1 atom stereocenters. The summed E-state index contributed by atoms with van der Waals surface area (Å²) in [4.78, 5) is 10.8. The first-order chi connectivity index (χ1) is 7.67. The second-order valence-corrected chi connectivity index (χ2v) is 4.06. The van der Waals surface area contributed by atoms with Crippen LogP contribution in [-0.2, 0) is 0 Å². The van der Waals surface area contributed by atoms with Crippen molar-refractivity contribution >= 4 is 29.5 Å². The molecular weight excluding hydrogens is 255 g/mol. The molecule has 6 heteroatoms. The van der Waals surface area contributed by atoms with E-state index in [4.69, 9.17) is 37.8 Å². The molecule has 0 radical (unpaired) electrons. The second-order valence-electron chi connectivity index (χ2n) is 3.27. The first-order valence-corrected chi connectivity index (χ1v) is 5.30. The third-order valence-electron chi connectivity index (χ3n) is 2.19. The number of hydrogen-bond donors (Lipinski definition) is 1. The Bertz CT molecular complexity index is 433. The van der Waals surface area contributed by atoms with Crippen molar-refractivity contribution in [3.63, 3.8) is 0 Å². The van der Waals surface area contributed by atoms with E-state index in [1.165, 1.54) is 6.07 Å². The van der Waals surface area contributed by atoms with Crippen LogP contribution in [0.2, 0.25) is 10.0 Å². The lowest BCUT2D eigenvalue weighted by Crippen LogP contribution is -2.32. The number of hydrogen-bond acceptors (Lipinski definition) is 4. The Morgan fingerprint density at radius 1 is 1.50 bits per heavy atom. The molecule has 1 aromatic carbocycles. The minimum Gasteiger partial charge on any atom is -0.485 e. The molecule has 0 aromatic heterocycles. The molecule has 0 amide bonds. The largest absolute Gasteiger partial charge is 0.485 e. The van der Waals surface area contributed by atoms with E-state index in [9.17, 15) is 4.79 Å². The molecule has 0 bridgehead atoms. The molecule has 1 N–H and O–H groups in total. The minimum atomic E-state index is -0.497. The maximum absolute atomic E-state index is 10.8. The van der Waals surface area contributed by atoms with Gasteiger partial charge in [0.05, 0.1) is 17.2 Å². The highest BCUT2D eigenvalue weighted by Gasteiger charge is 2.27. The number of carbonyl (C=O) groups is 1. The SMILES string of the molecule is O=Cc1cc(Cl)c(Cl)c2c1OCC(CO)O2. The van der Waals surface area contributed by atoms with Gasteiger partial charge in [0.25, 0.3) is 0 Å². The summed E-state index contributed by atoms with van der Waals surface area (Å²) in [5, 5.41) is 9.35.